The first kappa shape index (κ1) is 7.36. The number of halogens is 1. The molecule has 0 aromatic carbocycles. The van der Waals surface area contributed by atoms with Gasteiger partial charge in [-0.2, -0.15) is 0 Å². The van der Waals surface area contributed by atoms with E-state index in [0.717, 1.165) is 0 Å². The van der Waals surface area contributed by atoms with E-state index in [4.69, 9.17) is 11.6 Å². The molecule has 0 saturated heterocycles. The second-order valence-electron chi connectivity index (χ2n) is 2.32. The fourth-order valence-electron chi connectivity index (χ4n) is 1.05. The lowest BCUT2D eigenvalue weighted by molar-refractivity contribution is 1.10. The van der Waals surface area contributed by atoms with Crippen LogP contribution in [0.25, 0.3) is 5.65 Å². The van der Waals surface area contributed by atoms with Gasteiger partial charge in [-0.3, -0.25) is 4.40 Å². The zero-order chi connectivity index (χ0) is 8.55. The van der Waals surface area contributed by atoms with Crippen LogP contribution in [0.1, 0.15) is 0 Å². The summed E-state index contributed by atoms with van der Waals surface area (Å²) < 4.78 is 1.79. The molecule has 2 rings (SSSR count). The minimum absolute atomic E-state index is 0.603. The highest BCUT2D eigenvalue weighted by Gasteiger charge is 2.04. The topological polar surface area (TPSA) is 42.2 Å². The first-order valence-corrected chi connectivity index (χ1v) is 3.87. The van der Waals surface area contributed by atoms with E-state index in [9.17, 15) is 0 Å². The van der Waals surface area contributed by atoms with Gasteiger partial charge in [0.2, 0.25) is 5.95 Å². The van der Waals surface area contributed by atoms with Crippen LogP contribution >= 0.6 is 11.6 Å². The lowest BCUT2D eigenvalue weighted by Gasteiger charge is -1.96. The quantitative estimate of drug-likeness (QED) is 0.726. The van der Waals surface area contributed by atoms with Crippen molar-refractivity contribution in [3.63, 3.8) is 0 Å². The first-order valence-electron chi connectivity index (χ1n) is 3.50. The maximum Gasteiger partial charge on any atom is 0.228 e. The van der Waals surface area contributed by atoms with Crippen molar-refractivity contribution in [1.82, 2.24) is 14.6 Å². The molecule has 0 unspecified atom stereocenters. The molecule has 0 amide bonds. The number of fused-ring (bicyclic) bond motifs is 1. The van der Waals surface area contributed by atoms with Crippen molar-refractivity contribution in [1.29, 1.82) is 0 Å². The average molecular weight is 183 g/mol. The van der Waals surface area contributed by atoms with E-state index in [0.29, 0.717) is 16.6 Å². The number of aromatic nitrogens is 3. The van der Waals surface area contributed by atoms with Crippen molar-refractivity contribution in [3.8, 4) is 0 Å². The molecular formula is C7H7ClN4. The summed E-state index contributed by atoms with van der Waals surface area (Å²) in [5, 5.41) is 11.3. The maximum atomic E-state index is 5.88. The Morgan fingerprint density at radius 1 is 1.50 bits per heavy atom. The molecule has 0 atom stereocenters. The zero-order valence-corrected chi connectivity index (χ0v) is 7.21. The summed E-state index contributed by atoms with van der Waals surface area (Å²) in [6.45, 7) is 0. The molecule has 2 heterocycles. The third-order valence-electron chi connectivity index (χ3n) is 1.61. The zero-order valence-electron chi connectivity index (χ0n) is 6.45. The van der Waals surface area contributed by atoms with E-state index in [1.807, 2.05) is 12.3 Å². The lowest BCUT2D eigenvalue weighted by atomic mass is 10.5. The standard InChI is InChI=1S/C7H7ClN4/c1-9-7-11-10-6-5(8)3-2-4-12(6)7/h2-4H,1H3,(H,9,11). The second-order valence-corrected chi connectivity index (χ2v) is 2.73. The van der Waals surface area contributed by atoms with Crippen molar-refractivity contribution < 1.29 is 0 Å². The van der Waals surface area contributed by atoms with Gasteiger partial charge in [-0.25, -0.2) is 0 Å². The average Bonchev–Trinajstić information content (AvgIpc) is 2.49. The SMILES string of the molecule is CNc1nnc2c(Cl)cccn12. The largest absolute Gasteiger partial charge is 0.357 e. The Labute approximate surface area is 74.2 Å². The highest BCUT2D eigenvalue weighted by molar-refractivity contribution is 6.33. The van der Waals surface area contributed by atoms with Crippen LogP contribution < -0.4 is 5.32 Å². The molecule has 2 aromatic rings. The Morgan fingerprint density at radius 2 is 2.33 bits per heavy atom. The number of nitrogens with zero attached hydrogens (tertiary/aromatic N) is 3. The van der Waals surface area contributed by atoms with E-state index >= 15 is 0 Å². The summed E-state index contributed by atoms with van der Waals surface area (Å²) in [5.74, 6) is 0.688. The normalized spacial score (nSPS) is 10.5. The molecule has 0 aliphatic carbocycles. The van der Waals surface area contributed by atoms with Crippen LogP contribution in [-0.4, -0.2) is 21.6 Å². The van der Waals surface area contributed by atoms with Gasteiger partial charge in [0.05, 0.1) is 5.02 Å². The van der Waals surface area contributed by atoms with Gasteiger partial charge in [0.15, 0.2) is 5.65 Å². The van der Waals surface area contributed by atoms with Gasteiger partial charge in [0.1, 0.15) is 0 Å². The fraction of sp³-hybridized carbons (Fsp3) is 0.143. The molecule has 4 nitrogen and oxygen atoms in total. The Hall–Kier alpha value is -1.29. The van der Waals surface area contributed by atoms with Crippen molar-refractivity contribution in [2.45, 2.75) is 0 Å². The number of rotatable bonds is 1. The third-order valence-corrected chi connectivity index (χ3v) is 1.91. The third kappa shape index (κ3) is 0.921. The lowest BCUT2D eigenvalue weighted by Crippen LogP contribution is -1.94. The fourth-order valence-corrected chi connectivity index (χ4v) is 1.26. The molecule has 0 fully saturated rings. The molecule has 0 aliphatic rings. The van der Waals surface area contributed by atoms with Crippen LogP contribution in [0.3, 0.4) is 0 Å². The monoisotopic (exact) mass is 182 g/mol. The highest BCUT2D eigenvalue weighted by atomic mass is 35.5. The Kier molecular flexibility index (Phi) is 1.62. The maximum absolute atomic E-state index is 5.88. The Balaban J connectivity index is 2.80. The van der Waals surface area contributed by atoms with E-state index < -0.39 is 0 Å². The van der Waals surface area contributed by atoms with Crippen LogP contribution in [0.15, 0.2) is 18.3 Å². The predicted octanol–water partition coefficient (Wildman–Crippen LogP) is 1.42. The summed E-state index contributed by atoms with van der Waals surface area (Å²) in [6, 6.07) is 3.63. The van der Waals surface area contributed by atoms with E-state index in [1.165, 1.54) is 0 Å². The van der Waals surface area contributed by atoms with Crippen molar-refractivity contribution >= 4 is 23.2 Å². The number of anilines is 1. The van der Waals surface area contributed by atoms with E-state index in [-0.39, 0.29) is 0 Å². The minimum Gasteiger partial charge on any atom is -0.357 e. The van der Waals surface area contributed by atoms with Crippen molar-refractivity contribution in [2.75, 3.05) is 12.4 Å². The molecule has 2 aromatic heterocycles. The summed E-state index contributed by atoms with van der Waals surface area (Å²) in [6.07, 6.45) is 1.85. The first-order chi connectivity index (χ1) is 5.83. The molecular weight excluding hydrogens is 176 g/mol. The molecule has 0 spiro atoms. The molecule has 0 bridgehead atoms. The molecule has 0 aliphatic heterocycles. The molecule has 62 valence electrons. The number of hydrogen-bond acceptors (Lipinski definition) is 3. The summed E-state index contributed by atoms with van der Waals surface area (Å²) in [7, 11) is 1.79. The molecule has 0 radical (unpaired) electrons. The Morgan fingerprint density at radius 3 is 3.08 bits per heavy atom. The van der Waals surface area contributed by atoms with Gasteiger partial charge in [0.25, 0.3) is 0 Å². The second kappa shape index (κ2) is 2.64. The number of hydrogen-bond donors (Lipinski definition) is 1. The van der Waals surface area contributed by atoms with Gasteiger partial charge in [-0.05, 0) is 12.1 Å². The molecule has 5 heteroatoms. The molecule has 12 heavy (non-hydrogen) atoms. The Bertz CT molecular complexity index is 409. The number of nitrogens with one attached hydrogen (secondary N) is 1. The van der Waals surface area contributed by atoms with Crippen LogP contribution in [0, 0.1) is 0 Å². The summed E-state index contributed by atoms with van der Waals surface area (Å²) >= 11 is 5.88. The van der Waals surface area contributed by atoms with Gasteiger partial charge in [-0.15, -0.1) is 10.2 Å². The smallest absolute Gasteiger partial charge is 0.228 e. The summed E-state index contributed by atoms with van der Waals surface area (Å²) in [5.41, 5.74) is 0.670. The molecule has 0 saturated carbocycles. The summed E-state index contributed by atoms with van der Waals surface area (Å²) in [4.78, 5) is 0. The number of pyridine rings is 1. The van der Waals surface area contributed by atoms with Crippen LogP contribution in [-0.2, 0) is 0 Å². The van der Waals surface area contributed by atoms with Crippen LogP contribution in [0.5, 0.6) is 0 Å². The molecule has 1 N–H and O–H groups in total. The van der Waals surface area contributed by atoms with E-state index in [2.05, 4.69) is 15.5 Å². The van der Waals surface area contributed by atoms with Crippen molar-refractivity contribution in [3.05, 3.63) is 23.4 Å². The van der Waals surface area contributed by atoms with E-state index in [1.54, 1.807) is 17.5 Å². The van der Waals surface area contributed by atoms with Crippen LogP contribution in [0.4, 0.5) is 5.95 Å². The van der Waals surface area contributed by atoms with Crippen LogP contribution in [0.2, 0.25) is 5.02 Å². The van der Waals surface area contributed by atoms with Crippen molar-refractivity contribution in [2.24, 2.45) is 0 Å². The van der Waals surface area contributed by atoms with Gasteiger partial charge < -0.3 is 5.32 Å². The van der Waals surface area contributed by atoms with Gasteiger partial charge in [-0.1, -0.05) is 11.6 Å². The predicted molar refractivity (Wildman–Crippen MR) is 47.5 cm³/mol. The van der Waals surface area contributed by atoms with Gasteiger partial charge in [0, 0.05) is 13.2 Å². The highest BCUT2D eigenvalue weighted by Crippen LogP contribution is 2.16. The minimum atomic E-state index is 0.603. The van der Waals surface area contributed by atoms with Gasteiger partial charge >= 0.3 is 0 Å².